The fourth-order valence-electron chi connectivity index (χ4n) is 1.92. The summed E-state index contributed by atoms with van der Waals surface area (Å²) in [4.78, 5) is 25.1. The highest BCUT2D eigenvalue weighted by Crippen LogP contribution is 2.50. The van der Waals surface area contributed by atoms with Crippen molar-refractivity contribution in [2.24, 2.45) is 0 Å². The maximum absolute atomic E-state index is 13.7. The van der Waals surface area contributed by atoms with Gasteiger partial charge in [0.15, 0.2) is 0 Å². The molecule has 0 aliphatic heterocycles. The van der Waals surface area contributed by atoms with Crippen molar-refractivity contribution in [3.8, 4) is 5.69 Å². The standard InChI is InChI=1S/C13H4Cl3F7N2O2/c14-4-1-6(16)7(2-5(4)15)25-9(26)3-8(24-10(25)27)11(17,18)12(19,20)13(21,22)23/h1-3H,(H,24,27). The predicted octanol–water partition coefficient (Wildman–Crippen LogP) is 4.78. The summed E-state index contributed by atoms with van der Waals surface area (Å²) in [5.74, 6) is -12.5. The van der Waals surface area contributed by atoms with E-state index < -0.39 is 40.7 Å². The Bertz CT molecular complexity index is 983. The van der Waals surface area contributed by atoms with Gasteiger partial charge in [0.05, 0.1) is 20.8 Å². The summed E-state index contributed by atoms with van der Waals surface area (Å²) >= 11 is 17.1. The van der Waals surface area contributed by atoms with Gasteiger partial charge in [-0.1, -0.05) is 34.8 Å². The predicted molar refractivity (Wildman–Crippen MR) is 82.6 cm³/mol. The van der Waals surface area contributed by atoms with E-state index >= 15 is 0 Å². The topological polar surface area (TPSA) is 54.9 Å². The molecular formula is C13H4Cl3F7N2O2. The van der Waals surface area contributed by atoms with E-state index in [9.17, 15) is 40.3 Å². The SMILES string of the molecule is O=c1cc(C(F)(F)C(F)(F)C(F)(F)F)[nH]c(=O)n1-c1cc(Cl)c(Cl)cc1Cl. The Kier molecular flexibility index (Phi) is 5.36. The second-order valence-electron chi connectivity index (χ2n) is 5.03. The molecule has 1 heterocycles. The highest BCUT2D eigenvalue weighted by Gasteiger charge is 2.74. The highest BCUT2D eigenvalue weighted by molar-refractivity contribution is 6.43. The molecule has 0 atom stereocenters. The van der Waals surface area contributed by atoms with Gasteiger partial charge in [-0.15, -0.1) is 0 Å². The zero-order valence-corrected chi connectivity index (χ0v) is 14.5. The first kappa shape index (κ1) is 21.6. The van der Waals surface area contributed by atoms with Crippen molar-refractivity contribution in [2.45, 2.75) is 18.0 Å². The highest BCUT2D eigenvalue weighted by atomic mass is 35.5. The smallest absolute Gasteiger partial charge is 0.305 e. The summed E-state index contributed by atoms with van der Waals surface area (Å²) in [6.07, 6.45) is -6.64. The van der Waals surface area contributed by atoms with Gasteiger partial charge in [-0.2, -0.15) is 30.7 Å². The number of hydrogen-bond acceptors (Lipinski definition) is 2. The Morgan fingerprint density at radius 2 is 1.33 bits per heavy atom. The van der Waals surface area contributed by atoms with Crippen molar-refractivity contribution in [3.05, 3.63) is 59.8 Å². The Morgan fingerprint density at radius 1 is 0.815 bits per heavy atom. The molecule has 1 aromatic heterocycles. The maximum atomic E-state index is 13.7. The van der Waals surface area contributed by atoms with Crippen LogP contribution < -0.4 is 11.2 Å². The van der Waals surface area contributed by atoms with E-state index in [2.05, 4.69) is 0 Å². The molecule has 0 unspecified atom stereocenters. The molecule has 4 nitrogen and oxygen atoms in total. The molecule has 148 valence electrons. The number of halogens is 10. The molecule has 0 amide bonds. The summed E-state index contributed by atoms with van der Waals surface area (Å²) in [6, 6.07) is 1.61. The molecule has 0 aliphatic rings. The molecule has 1 N–H and O–H groups in total. The zero-order chi connectivity index (χ0) is 20.9. The number of rotatable bonds is 3. The number of nitrogens with zero attached hydrogens (tertiary/aromatic N) is 1. The lowest BCUT2D eigenvalue weighted by Gasteiger charge is -2.27. The summed E-state index contributed by atoms with van der Waals surface area (Å²) in [7, 11) is 0. The summed E-state index contributed by atoms with van der Waals surface area (Å²) in [5, 5.41) is -0.652. The minimum atomic E-state index is -6.64. The Morgan fingerprint density at radius 3 is 1.81 bits per heavy atom. The molecule has 0 saturated heterocycles. The third-order valence-electron chi connectivity index (χ3n) is 3.25. The molecule has 0 spiro atoms. The van der Waals surface area contributed by atoms with Crippen LogP contribution in [0.1, 0.15) is 5.69 Å². The van der Waals surface area contributed by atoms with Crippen molar-refractivity contribution in [2.75, 3.05) is 0 Å². The number of aromatic amines is 1. The fourth-order valence-corrected chi connectivity index (χ4v) is 2.55. The van der Waals surface area contributed by atoms with Gasteiger partial charge in [-0.3, -0.25) is 4.79 Å². The number of aromatic nitrogens is 2. The van der Waals surface area contributed by atoms with Crippen molar-refractivity contribution in [3.63, 3.8) is 0 Å². The summed E-state index contributed by atoms with van der Waals surface area (Å²) in [6.45, 7) is 0. The molecular weight excluding hydrogens is 456 g/mol. The van der Waals surface area contributed by atoms with E-state index in [-0.39, 0.29) is 25.7 Å². The van der Waals surface area contributed by atoms with E-state index in [1.165, 1.54) is 0 Å². The Hall–Kier alpha value is -1.72. The molecule has 0 aliphatic carbocycles. The van der Waals surface area contributed by atoms with Crippen LogP contribution in [0.25, 0.3) is 5.69 Å². The molecule has 2 rings (SSSR count). The largest absolute Gasteiger partial charge is 0.460 e. The minimum Gasteiger partial charge on any atom is -0.305 e. The first-order valence-electron chi connectivity index (χ1n) is 6.45. The third kappa shape index (κ3) is 3.55. The first-order valence-corrected chi connectivity index (χ1v) is 7.58. The monoisotopic (exact) mass is 458 g/mol. The average molecular weight is 460 g/mol. The van der Waals surface area contributed by atoms with Gasteiger partial charge in [0.2, 0.25) is 0 Å². The van der Waals surface area contributed by atoms with Crippen LogP contribution in [0.3, 0.4) is 0 Å². The van der Waals surface area contributed by atoms with Crippen molar-refractivity contribution < 1.29 is 30.7 Å². The zero-order valence-electron chi connectivity index (χ0n) is 12.3. The molecule has 14 heteroatoms. The molecule has 1 aromatic carbocycles. The lowest BCUT2D eigenvalue weighted by atomic mass is 10.1. The minimum absolute atomic E-state index is 0.0946. The first-order chi connectivity index (χ1) is 12.1. The van der Waals surface area contributed by atoms with Gasteiger partial charge in [-0.25, -0.2) is 9.36 Å². The average Bonchev–Trinajstić information content (AvgIpc) is 2.50. The van der Waals surface area contributed by atoms with Crippen LogP contribution in [0, 0.1) is 0 Å². The van der Waals surface area contributed by atoms with Crippen molar-refractivity contribution in [1.82, 2.24) is 9.55 Å². The number of alkyl halides is 7. The van der Waals surface area contributed by atoms with Gasteiger partial charge < -0.3 is 4.98 Å². The fraction of sp³-hybridized carbons (Fsp3) is 0.231. The van der Waals surface area contributed by atoms with Crippen LogP contribution in [0.2, 0.25) is 15.1 Å². The molecule has 27 heavy (non-hydrogen) atoms. The van der Waals surface area contributed by atoms with Gasteiger partial charge >= 0.3 is 23.7 Å². The Labute approximate surface area is 159 Å². The molecule has 2 aromatic rings. The van der Waals surface area contributed by atoms with Crippen LogP contribution in [0.4, 0.5) is 30.7 Å². The second-order valence-corrected chi connectivity index (χ2v) is 6.25. The third-order valence-corrected chi connectivity index (χ3v) is 4.28. The van der Waals surface area contributed by atoms with Crippen LogP contribution >= 0.6 is 34.8 Å². The van der Waals surface area contributed by atoms with Crippen LogP contribution in [0.15, 0.2) is 27.8 Å². The number of benzene rings is 1. The van der Waals surface area contributed by atoms with E-state index in [1.54, 1.807) is 0 Å². The van der Waals surface area contributed by atoms with Crippen LogP contribution in [-0.4, -0.2) is 21.6 Å². The van der Waals surface area contributed by atoms with Crippen LogP contribution in [0.5, 0.6) is 0 Å². The quantitative estimate of drug-likeness (QED) is 0.531. The molecule has 0 saturated carbocycles. The summed E-state index contributed by atoms with van der Waals surface area (Å²) < 4.78 is 90.3. The summed E-state index contributed by atoms with van der Waals surface area (Å²) in [5.41, 5.74) is -6.11. The number of hydrogen-bond donors (Lipinski definition) is 1. The van der Waals surface area contributed by atoms with E-state index in [4.69, 9.17) is 34.8 Å². The van der Waals surface area contributed by atoms with E-state index in [1.807, 2.05) is 0 Å². The lowest BCUT2D eigenvalue weighted by molar-refractivity contribution is -0.360. The van der Waals surface area contributed by atoms with Crippen molar-refractivity contribution >= 4 is 34.8 Å². The molecule has 0 fully saturated rings. The van der Waals surface area contributed by atoms with E-state index in [0.717, 1.165) is 17.1 Å². The number of nitrogens with one attached hydrogen (secondary N) is 1. The van der Waals surface area contributed by atoms with E-state index in [0.29, 0.717) is 0 Å². The van der Waals surface area contributed by atoms with Gasteiger partial charge in [0, 0.05) is 6.07 Å². The van der Waals surface area contributed by atoms with Crippen LogP contribution in [-0.2, 0) is 5.92 Å². The molecule has 0 radical (unpaired) electrons. The van der Waals surface area contributed by atoms with Crippen molar-refractivity contribution in [1.29, 1.82) is 0 Å². The van der Waals surface area contributed by atoms with Gasteiger partial charge in [0.25, 0.3) is 5.56 Å². The van der Waals surface area contributed by atoms with Gasteiger partial charge in [0.1, 0.15) is 5.69 Å². The molecule has 0 bridgehead atoms. The normalized spacial score (nSPS) is 13.1. The second kappa shape index (κ2) is 6.71. The lowest BCUT2D eigenvalue weighted by Crippen LogP contribution is -2.51. The number of H-pyrrole nitrogens is 1. The Balaban J connectivity index is 2.71. The maximum Gasteiger partial charge on any atom is 0.460 e. The van der Waals surface area contributed by atoms with Gasteiger partial charge in [-0.05, 0) is 12.1 Å².